The minimum absolute atomic E-state index is 0.209. The van der Waals surface area contributed by atoms with E-state index < -0.39 is 6.09 Å². The molecule has 2 aromatic carbocycles. The first-order valence-corrected chi connectivity index (χ1v) is 7.36. The van der Waals surface area contributed by atoms with Gasteiger partial charge in [-0.2, -0.15) is 0 Å². The topological polar surface area (TPSA) is 49.8 Å². The third-order valence-corrected chi connectivity index (χ3v) is 3.69. The monoisotopic (exact) mass is 359 g/mol. The summed E-state index contributed by atoms with van der Waals surface area (Å²) in [4.78, 5) is 12.5. The lowest BCUT2D eigenvalue weighted by molar-refractivity contribution is 0.192. The molecule has 0 radical (unpaired) electrons. The van der Waals surface area contributed by atoms with Crippen molar-refractivity contribution in [3.63, 3.8) is 0 Å². The van der Waals surface area contributed by atoms with Crippen LogP contribution < -0.4 is 9.64 Å². The van der Waals surface area contributed by atoms with E-state index in [0.29, 0.717) is 26.5 Å². The van der Waals surface area contributed by atoms with Crippen molar-refractivity contribution in [3.8, 4) is 5.75 Å². The highest BCUT2D eigenvalue weighted by atomic mass is 35.5. The number of carboxylic acid groups (broad SMARTS) is 1. The zero-order chi connectivity index (χ0) is 16.3. The zero-order valence-electron chi connectivity index (χ0n) is 11.5. The largest absolute Gasteiger partial charge is 0.471 e. The van der Waals surface area contributed by atoms with Gasteiger partial charge in [-0.3, -0.25) is 0 Å². The predicted molar refractivity (Wildman–Crippen MR) is 88.6 cm³/mol. The second-order valence-electron chi connectivity index (χ2n) is 4.49. The second-order valence-corrected chi connectivity index (χ2v) is 5.77. The number of rotatable bonds is 4. The summed E-state index contributed by atoms with van der Waals surface area (Å²) < 4.78 is 5.48. The van der Waals surface area contributed by atoms with Crippen LogP contribution >= 0.6 is 34.8 Å². The fourth-order valence-electron chi connectivity index (χ4n) is 1.88. The Balaban J connectivity index is 2.21. The third-order valence-electron chi connectivity index (χ3n) is 2.92. The molecule has 7 heteroatoms. The fourth-order valence-corrected chi connectivity index (χ4v) is 2.57. The summed E-state index contributed by atoms with van der Waals surface area (Å²) in [6.07, 6.45) is -1.14. The molecule has 0 aliphatic heterocycles. The van der Waals surface area contributed by atoms with E-state index in [0.717, 1.165) is 10.5 Å². The summed E-state index contributed by atoms with van der Waals surface area (Å²) in [5, 5.41) is 10.7. The molecule has 4 nitrogen and oxygen atoms in total. The molecule has 0 heterocycles. The normalized spacial score (nSPS) is 10.4. The molecule has 22 heavy (non-hydrogen) atoms. The van der Waals surface area contributed by atoms with E-state index in [4.69, 9.17) is 39.5 Å². The highest BCUT2D eigenvalue weighted by Crippen LogP contribution is 2.29. The van der Waals surface area contributed by atoms with Crippen molar-refractivity contribution in [2.45, 2.75) is 6.92 Å². The van der Waals surface area contributed by atoms with E-state index in [2.05, 4.69) is 0 Å². The minimum atomic E-state index is -1.14. The summed E-state index contributed by atoms with van der Waals surface area (Å²) in [6.45, 7) is 1.56. The van der Waals surface area contributed by atoms with Crippen molar-refractivity contribution in [2.75, 3.05) is 11.6 Å². The number of nitrogens with zero attached hydrogens (tertiary/aromatic N) is 1. The molecule has 1 amide bonds. The van der Waals surface area contributed by atoms with Crippen LogP contribution in [-0.2, 0) is 0 Å². The smallest absolute Gasteiger partial charge is 0.414 e. The minimum Gasteiger partial charge on any atom is -0.471 e. The Morgan fingerprint density at radius 1 is 1.14 bits per heavy atom. The van der Waals surface area contributed by atoms with Gasteiger partial charge in [0.15, 0.2) is 6.73 Å². The molecule has 0 fully saturated rings. The lowest BCUT2D eigenvalue weighted by Gasteiger charge is -2.22. The van der Waals surface area contributed by atoms with Gasteiger partial charge in [-0.1, -0.05) is 34.8 Å². The van der Waals surface area contributed by atoms with Gasteiger partial charge in [-0.15, -0.1) is 0 Å². The molecule has 0 aliphatic rings. The molecule has 0 bridgehead atoms. The Hall–Kier alpha value is -1.62. The Morgan fingerprint density at radius 3 is 2.36 bits per heavy atom. The van der Waals surface area contributed by atoms with Crippen LogP contribution in [0.4, 0.5) is 10.5 Å². The van der Waals surface area contributed by atoms with Gasteiger partial charge in [0.05, 0.1) is 10.7 Å². The Morgan fingerprint density at radius 2 is 1.77 bits per heavy atom. The number of hydrogen-bond donors (Lipinski definition) is 1. The first kappa shape index (κ1) is 16.7. The van der Waals surface area contributed by atoms with E-state index in [1.165, 1.54) is 6.07 Å². The van der Waals surface area contributed by atoms with Gasteiger partial charge in [0.1, 0.15) is 5.75 Å². The number of hydrogen-bond acceptors (Lipinski definition) is 2. The third kappa shape index (κ3) is 3.97. The molecule has 0 aliphatic carbocycles. The van der Waals surface area contributed by atoms with Gasteiger partial charge in [0.2, 0.25) is 0 Å². The highest BCUT2D eigenvalue weighted by molar-refractivity contribution is 6.35. The van der Waals surface area contributed by atoms with Crippen LogP contribution in [0.25, 0.3) is 0 Å². The summed E-state index contributed by atoms with van der Waals surface area (Å²) in [5.74, 6) is 0.351. The quantitative estimate of drug-likeness (QED) is 0.735. The molecule has 0 saturated heterocycles. The van der Waals surface area contributed by atoms with Crippen molar-refractivity contribution in [2.24, 2.45) is 0 Å². The standard InChI is InChI=1S/C15H12Cl3NO3/c1-9-6-10(16)2-4-13(9)19(15(20)21)8-22-14-5-3-11(17)7-12(14)18/h2-7H,8H2,1H3,(H,20,21). The van der Waals surface area contributed by atoms with Crippen LogP contribution in [0.15, 0.2) is 36.4 Å². The zero-order valence-corrected chi connectivity index (χ0v) is 13.8. The first-order valence-electron chi connectivity index (χ1n) is 6.23. The lowest BCUT2D eigenvalue weighted by Crippen LogP contribution is -2.33. The van der Waals surface area contributed by atoms with E-state index in [9.17, 15) is 9.90 Å². The summed E-state index contributed by atoms with van der Waals surface area (Å²) >= 11 is 17.7. The maximum Gasteiger partial charge on any atom is 0.414 e. The average molecular weight is 361 g/mol. The van der Waals surface area contributed by atoms with Crippen LogP contribution in [0.2, 0.25) is 15.1 Å². The average Bonchev–Trinajstić information content (AvgIpc) is 2.42. The molecule has 0 spiro atoms. The molecular formula is C15H12Cl3NO3. The molecule has 0 unspecified atom stereocenters. The molecule has 116 valence electrons. The Kier molecular flexibility index (Phi) is 5.40. The lowest BCUT2D eigenvalue weighted by atomic mass is 10.2. The summed E-state index contributed by atoms with van der Waals surface area (Å²) in [7, 11) is 0. The molecule has 0 aromatic heterocycles. The van der Waals surface area contributed by atoms with Crippen molar-refractivity contribution >= 4 is 46.6 Å². The molecule has 2 rings (SSSR count). The predicted octanol–water partition coefficient (Wildman–Crippen LogP) is 5.48. The maximum absolute atomic E-state index is 11.5. The van der Waals surface area contributed by atoms with E-state index >= 15 is 0 Å². The molecule has 0 saturated carbocycles. The summed E-state index contributed by atoms with van der Waals surface area (Å²) in [5.41, 5.74) is 1.21. The second kappa shape index (κ2) is 7.09. The SMILES string of the molecule is Cc1cc(Cl)ccc1N(COc1ccc(Cl)cc1Cl)C(=O)O. The molecule has 2 aromatic rings. The van der Waals surface area contributed by atoms with Gasteiger partial charge in [-0.05, 0) is 48.9 Å². The van der Waals surface area contributed by atoms with Crippen molar-refractivity contribution < 1.29 is 14.6 Å². The Labute approximate surface area is 142 Å². The first-order chi connectivity index (χ1) is 10.4. The van der Waals surface area contributed by atoms with Crippen molar-refractivity contribution in [1.29, 1.82) is 0 Å². The number of ether oxygens (including phenoxy) is 1. The number of amides is 1. The molecule has 1 N–H and O–H groups in total. The van der Waals surface area contributed by atoms with Crippen LogP contribution in [0.3, 0.4) is 0 Å². The highest BCUT2D eigenvalue weighted by Gasteiger charge is 2.18. The van der Waals surface area contributed by atoms with Crippen molar-refractivity contribution in [1.82, 2.24) is 0 Å². The van der Waals surface area contributed by atoms with Gasteiger partial charge in [0.25, 0.3) is 0 Å². The van der Waals surface area contributed by atoms with Gasteiger partial charge >= 0.3 is 6.09 Å². The van der Waals surface area contributed by atoms with E-state index in [-0.39, 0.29) is 6.73 Å². The number of anilines is 1. The van der Waals surface area contributed by atoms with Crippen LogP contribution in [0.1, 0.15) is 5.56 Å². The van der Waals surface area contributed by atoms with Gasteiger partial charge in [0, 0.05) is 10.0 Å². The van der Waals surface area contributed by atoms with Gasteiger partial charge < -0.3 is 9.84 Å². The fraction of sp³-hybridized carbons (Fsp3) is 0.133. The number of benzene rings is 2. The van der Waals surface area contributed by atoms with E-state index in [1.54, 1.807) is 37.3 Å². The summed E-state index contributed by atoms with van der Waals surface area (Å²) in [6, 6.07) is 9.65. The number of carbonyl (C=O) groups is 1. The molecule has 0 atom stereocenters. The Bertz CT molecular complexity index is 706. The van der Waals surface area contributed by atoms with Crippen LogP contribution in [0.5, 0.6) is 5.75 Å². The van der Waals surface area contributed by atoms with Crippen molar-refractivity contribution in [3.05, 3.63) is 57.0 Å². The maximum atomic E-state index is 11.5. The van der Waals surface area contributed by atoms with Gasteiger partial charge in [-0.25, -0.2) is 9.69 Å². The van der Waals surface area contributed by atoms with Crippen LogP contribution in [-0.4, -0.2) is 17.9 Å². The van der Waals surface area contributed by atoms with E-state index in [1.807, 2.05) is 0 Å². The number of halogens is 3. The molecular weight excluding hydrogens is 349 g/mol. The number of aryl methyl sites for hydroxylation is 1. The van der Waals surface area contributed by atoms with Crippen LogP contribution in [0, 0.1) is 6.92 Å².